The van der Waals surface area contributed by atoms with E-state index in [-0.39, 0.29) is 6.17 Å². The van der Waals surface area contributed by atoms with E-state index in [4.69, 9.17) is 10.7 Å². The molecule has 1 aromatic heterocycles. The van der Waals surface area contributed by atoms with Gasteiger partial charge in [-0.3, -0.25) is 4.90 Å². The molecule has 0 spiro atoms. The third-order valence-corrected chi connectivity index (χ3v) is 4.20. The molecule has 2 N–H and O–H groups in total. The maximum atomic E-state index is 6.13. The third kappa shape index (κ3) is 1.89. The first-order valence-corrected chi connectivity index (χ1v) is 6.87. The molecule has 2 unspecified atom stereocenters. The Morgan fingerprint density at radius 2 is 2.29 bits per heavy atom. The van der Waals surface area contributed by atoms with Crippen LogP contribution < -0.4 is 5.73 Å². The second kappa shape index (κ2) is 4.42. The summed E-state index contributed by atoms with van der Waals surface area (Å²) in [6.45, 7) is 4.58. The minimum absolute atomic E-state index is 0.150. The lowest BCUT2D eigenvalue weighted by molar-refractivity contribution is 0.267. The van der Waals surface area contributed by atoms with Crippen LogP contribution in [0, 0.1) is 0 Å². The van der Waals surface area contributed by atoms with E-state index in [1.54, 1.807) is 0 Å². The highest BCUT2D eigenvalue weighted by Crippen LogP contribution is 2.32. The summed E-state index contributed by atoms with van der Waals surface area (Å²) in [5, 5.41) is 0. The average Bonchev–Trinajstić information content (AvgIpc) is 2.94. The molecule has 0 amide bonds. The Hall–Kier alpha value is -0.870. The van der Waals surface area contributed by atoms with Gasteiger partial charge in [-0.15, -0.1) is 0 Å². The second-order valence-electron chi connectivity index (χ2n) is 5.24. The second-order valence-corrected chi connectivity index (χ2v) is 5.24. The van der Waals surface area contributed by atoms with Crippen LogP contribution in [-0.4, -0.2) is 27.5 Å². The van der Waals surface area contributed by atoms with Crippen molar-refractivity contribution in [2.24, 2.45) is 5.73 Å². The molecule has 4 nitrogen and oxygen atoms in total. The van der Waals surface area contributed by atoms with Gasteiger partial charge in [-0.2, -0.15) is 0 Å². The molecule has 17 heavy (non-hydrogen) atoms. The molecule has 1 aromatic rings. The standard InChI is InChI=1S/C13H22N4/c1-2-16-8-4-5-11(16)10-9-17-12(14)6-3-7-13(17)15-10/h9,11-12H,2-8,14H2,1H3. The van der Waals surface area contributed by atoms with Gasteiger partial charge in [0.25, 0.3) is 0 Å². The summed E-state index contributed by atoms with van der Waals surface area (Å²) in [5.41, 5.74) is 7.38. The molecule has 0 radical (unpaired) electrons. The first-order chi connectivity index (χ1) is 8.29. The molecule has 2 aliphatic heterocycles. The van der Waals surface area contributed by atoms with Crippen LogP contribution in [0.5, 0.6) is 0 Å². The fraction of sp³-hybridized carbons (Fsp3) is 0.769. The maximum Gasteiger partial charge on any atom is 0.110 e. The highest BCUT2D eigenvalue weighted by atomic mass is 15.2. The molecular weight excluding hydrogens is 212 g/mol. The van der Waals surface area contributed by atoms with E-state index in [2.05, 4.69) is 22.6 Å². The van der Waals surface area contributed by atoms with Gasteiger partial charge in [-0.05, 0) is 38.8 Å². The van der Waals surface area contributed by atoms with Crippen molar-refractivity contribution >= 4 is 0 Å². The summed E-state index contributed by atoms with van der Waals surface area (Å²) in [6, 6.07) is 0.533. The summed E-state index contributed by atoms with van der Waals surface area (Å²) in [7, 11) is 0. The fourth-order valence-corrected chi connectivity index (χ4v) is 3.23. The molecule has 1 fully saturated rings. The van der Waals surface area contributed by atoms with E-state index in [1.165, 1.54) is 37.3 Å². The van der Waals surface area contributed by atoms with Crippen LogP contribution >= 0.6 is 0 Å². The number of likely N-dealkylation sites (tertiary alicyclic amines) is 1. The highest BCUT2D eigenvalue weighted by molar-refractivity contribution is 5.13. The number of nitrogens with two attached hydrogens (primary N) is 1. The third-order valence-electron chi connectivity index (χ3n) is 4.20. The van der Waals surface area contributed by atoms with Crippen LogP contribution in [0.1, 0.15) is 56.3 Å². The molecule has 1 saturated heterocycles. The molecular formula is C13H22N4. The van der Waals surface area contributed by atoms with E-state index < -0.39 is 0 Å². The molecule has 2 aliphatic rings. The highest BCUT2D eigenvalue weighted by Gasteiger charge is 2.28. The van der Waals surface area contributed by atoms with E-state index in [9.17, 15) is 0 Å². The molecule has 94 valence electrons. The van der Waals surface area contributed by atoms with Crippen LogP contribution in [0.4, 0.5) is 0 Å². The van der Waals surface area contributed by atoms with Crippen molar-refractivity contribution in [3.63, 3.8) is 0 Å². The smallest absolute Gasteiger partial charge is 0.110 e. The van der Waals surface area contributed by atoms with E-state index in [0.29, 0.717) is 6.04 Å². The first kappa shape index (κ1) is 11.2. The molecule has 3 rings (SSSR count). The summed E-state index contributed by atoms with van der Waals surface area (Å²) in [4.78, 5) is 7.35. The lowest BCUT2D eigenvalue weighted by Crippen LogP contribution is -2.24. The van der Waals surface area contributed by atoms with Gasteiger partial charge in [0.05, 0.1) is 17.9 Å². The number of rotatable bonds is 2. The Morgan fingerprint density at radius 3 is 3.06 bits per heavy atom. The minimum Gasteiger partial charge on any atom is -0.319 e. The van der Waals surface area contributed by atoms with Crippen molar-refractivity contribution in [2.45, 2.75) is 51.2 Å². The van der Waals surface area contributed by atoms with Gasteiger partial charge in [0.15, 0.2) is 0 Å². The van der Waals surface area contributed by atoms with Crippen LogP contribution in [0.15, 0.2) is 6.20 Å². The predicted molar refractivity (Wildman–Crippen MR) is 67.6 cm³/mol. The van der Waals surface area contributed by atoms with Gasteiger partial charge in [-0.1, -0.05) is 6.92 Å². The van der Waals surface area contributed by atoms with Crippen molar-refractivity contribution in [1.29, 1.82) is 0 Å². The van der Waals surface area contributed by atoms with Gasteiger partial charge in [0.1, 0.15) is 5.82 Å². The number of imidazole rings is 1. The average molecular weight is 234 g/mol. The molecule has 3 heterocycles. The van der Waals surface area contributed by atoms with E-state index in [1.807, 2.05) is 0 Å². The Labute approximate surface area is 103 Å². The van der Waals surface area contributed by atoms with Gasteiger partial charge in [0.2, 0.25) is 0 Å². The van der Waals surface area contributed by atoms with Gasteiger partial charge >= 0.3 is 0 Å². The number of hydrogen-bond acceptors (Lipinski definition) is 3. The van der Waals surface area contributed by atoms with Gasteiger partial charge < -0.3 is 10.3 Å². The lowest BCUT2D eigenvalue weighted by atomic mass is 10.1. The maximum absolute atomic E-state index is 6.13. The molecule has 4 heteroatoms. The van der Waals surface area contributed by atoms with E-state index in [0.717, 1.165) is 19.4 Å². The fourth-order valence-electron chi connectivity index (χ4n) is 3.23. The number of fused-ring (bicyclic) bond motifs is 1. The summed E-state index contributed by atoms with van der Waals surface area (Å²) >= 11 is 0. The topological polar surface area (TPSA) is 47.1 Å². The molecule has 0 aromatic carbocycles. The Bertz CT molecular complexity index is 398. The number of aryl methyl sites for hydroxylation is 1. The Morgan fingerprint density at radius 1 is 1.41 bits per heavy atom. The van der Waals surface area contributed by atoms with Crippen LogP contribution in [-0.2, 0) is 6.42 Å². The van der Waals surface area contributed by atoms with Crippen molar-refractivity contribution in [2.75, 3.05) is 13.1 Å². The van der Waals surface area contributed by atoms with Crippen LogP contribution in [0.3, 0.4) is 0 Å². The predicted octanol–water partition coefficient (Wildman–Crippen LogP) is 1.83. The molecule has 0 saturated carbocycles. The lowest BCUT2D eigenvalue weighted by Gasteiger charge is -2.21. The molecule has 0 bridgehead atoms. The first-order valence-electron chi connectivity index (χ1n) is 6.87. The van der Waals surface area contributed by atoms with Crippen LogP contribution in [0.25, 0.3) is 0 Å². The Kier molecular flexibility index (Phi) is 2.92. The van der Waals surface area contributed by atoms with E-state index >= 15 is 0 Å². The van der Waals surface area contributed by atoms with Crippen molar-refractivity contribution < 1.29 is 0 Å². The van der Waals surface area contributed by atoms with Gasteiger partial charge in [-0.25, -0.2) is 4.98 Å². The molecule has 2 atom stereocenters. The normalized spacial score (nSPS) is 29.5. The zero-order chi connectivity index (χ0) is 11.8. The zero-order valence-corrected chi connectivity index (χ0v) is 10.6. The van der Waals surface area contributed by atoms with Crippen molar-refractivity contribution in [3.05, 3.63) is 17.7 Å². The monoisotopic (exact) mass is 234 g/mol. The Balaban J connectivity index is 1.89. The van der Waals surface area contributed by atoms with Crippen LogP contribution in [0.2, 0.25) is 0 Å². The summed E-state index contributed by atoms with van der Waals surface area (Å²) in [6.07, 6.45) is 8.26. The minimum atomic E-state index is 0.150. The quantitative estimate of drug-likeness (QED) is 0.849. The zero-order valence-electron chi connectivity index (χ0n) is 10.6. The number of hydrogen-bond donors (Lipinski definition) is 1. The summed E-state index contributed by atoms with van der Waals surface area (Å²) in [5.74, 6) is 1.20. The van der Waals surface area contributed by atoms with Crippen molar-refractivity contribution in [1.82, 2.24) is 14.5 Å². The van der Waals surface area contributed by atoms with Gasteiger partial charge in [0, 0.05) is 12.6 Å². The molecule has 0 aliphatic carbocycles. The SMILES string of the molecule is CCN1CCCC1c1cn2c(n1)CCCC2N. The number of aromatic nitrogens is 2. The van der Waals surface area contributed by atoms with Crippen molar-refractivity contribution in [3.8, 4) is 0 Å². The summed E-state index contributed by atoms with van der Waals surface area (Å²) < 4.78 is 2.20. The largest absolute Gasteiger partial charge is 0.319 e. The number of nitrogens with zero attached hydrogens (tertiary/aromatic N) is 3.